The number of rotatable bonds is 7. The Bertz CT molecular complexity index is 1600. The van der Waals surface area contributed by atoms with Crippen molar-refractivity contribution in [2.45, 2.75) is 13.5 Å². The predicted octanol–water partition coefficient (Wildman–Crippen LogP) is 8.78. The van der Waals surface area contributed by atoms with Crippen LogP contribution < -0.4 is 14.8 Å². The third-order valence-electron chi connectivity index (χ3n) is 5.69. The molecule has 1 aliphatic heterocycles. The Morgan fingerprint density at radius 1 is 1.03 bits per heavy atom. The molecular formula is C29H21BrCl2N2O3S. The van der Waals surface area contributed by atoms with Crippen molar-refractivity contribution in [1.29, 1.82) is 0 Å². The fraction of sp³-hybridized carbons (Fsp3) is 0.103. The summed E-state index contributed by atoms with van der Waals surface area (Å²) in [5, 5.41) is 6.23. The van der Waals surface area contributed by atoms with Crippen molar-refractivity contribution in [2.75, 3.05) is 6.61 Å². The minimum absolute atomic E-state index is 0.253. The number of carbonyl (C=O) groups is 1. The molecule has 0 atom stereocenters. The smallest absolute Gasteiger partial charge is 0.264 e. The lowest BCUT2D eigenvalue weighted by molar-refractivity contribution is -0.115. The maximum atomic E-state index is 12.7. The molecule has 0 aromatic heterocycles. The summed E-state index contributed by atoms with van der Waals surface area (Å²) in [6, 6.07) is 23.3. The van der Waals surface area contributed by atoms with Gasteiger partial charge in [0.05, 0.1) is 31.7 Å². The van der Waals surface area contributed by atoms with Crippen molar-refractivity contribution in [1.82, 2.24) is 5.32 Å². The lowest BCUT2D eigenvalue weighted by Crippen LogP contribution is -2.19. The Morgan fingerprint density at radius 3 is 2.66 bits per heavy atom. The number of fused-ring (bicyclic) bond motifs is 1. The molecule has 0 spiro atoms. The molecule has 1 fully saturated rings. The zero-order valence-electron chi connectivity index (χ0n) is 20.1. The molecule has 38 heavy (non-hydrogen) atoms. The van der Waals surface area contributed by atoms with E-state index in [4.69, 9.17) is 32.7 Å². The highest BCUT2D eigenvalue weighted by atomic mass is 79.9. The molecular weight excluding hydrogens is 607 g/mol. The van der Waals surface area contributed by atoms with Crippen molar-refractivity contribution < 1.29 is 14.3 Å². The molecule has 9 heteroatoms. The number of nitrogens with one attached hydrogen (secondary N) is 1. The van der Waals surface area contributed by atoms with Gasteiger partial charge in [-0.2, -0.15) is 0 Å². The van der Waals surface area contributed by atoms with Gasteiger partial charge in [0.2, 0.25) is 0 Å². The summed E-state index contributed by atoms with van der Waals surface area (Å²) in [7, 11) is 0. The molecule has 0 bridgehead atoms. The summed E-state index contributed by atoms with van der Waals surface area (Å²) in [5.41, 5.74) is 2.34. The third kappa shape index (κ3) is 5.86. The van der Waals surface area contributed by atoms with Crippen LogP contribution in [0.4, 0.5) is 5.69 Å². The van der Waals surface area contributed by atoms with Crippen LogP contribution in [0.25, 0.3) is 16.8 Å². The van der Waals surface area contributed by atoms with Gasteiger partial charge in [-0.25, -0.2) is 4.99 Å². The molecule has 0 radical (unpaired) electrons. The fourth-order valence-corrected chi connectivity index (χ4v) is 5.71. The van der Waals surface area contributed by atoms with Gasteiger partial charge in [0.25, 0.3) is 5.91 Å². The van der Waals surface area contributed by atoms with Crippen LogP contribution in [-0.2, 0) is 11.4 Å². The van der Waals surface area contributed by atoms with Crippen molar-refractivity contribution in [3.8, 4) is 11.5 Å². The standard InChI is InChI=1S/C29H21BrCl2N2O3S/c1-2-36-24-14-17(15-25-28(35)34-29(38-25)33-23-12-6-11-22(31)26(23)32)13-21(30)27(24)37-16-19-9-5-8-18-7-3-4-10-20(18)19/h3-15H,2,16H2,1H3,(H,33,34,35)/b25-15+. The van der Waals surface area contributed by atoms with Crippen LogP contribution in [0, 0.1) is 0 Å². The molecule has 1 heterocycles. The minimum Gasteiger partial charge on any atom is -0.490 e. The summed E-state index contributed by atoms with van der Waals surface area (Å²) in [6.45, 7) is 2.76. The number of halogens is 3. The van der Waals surface area contributed by atoms with E-state index in [2.05, 4.69) is 50.5 Å². The van der Waals surface area contributed by atoms with E-state index in [0.29, 0.717) is 50.5 Å². The normalized spacial score (nSPS) is 15.3. The first-order valence-electron chi connectivity index (χ1n) is 11.7. The number of hydrogen-bond donors (Lipinski definition) is 1. The number of thioether (sulfide) groups is 1. The van der Waals surface area contributed by atoms with Crippen molar-refractivity contribution in [3.05, 3.63) is 103 Å². The zero-order chi connectivity index (χ0) is 26.6. The number of amides is 1. The first-order chi connectivity index (χ1) is 18.4. The second-order valence-electron chi connectivity index (χ2n) is 8.24. The van der Waals surface area contributed by atoms with E-state index in [9.17, 15) is 4.79 Å². The first-order valence-corrected chi connectivity index (χ1v) is 14.1. The van der Waals surface area contributed by atoms with Crippen LogP contribution in [0.15, 0.2) is 87.2 Å². The van der Waals surface area contributed by atoms with Crippen molar-refractivity contribution >= 4 is 84.5 Å². The van der Waals surface area contributed by atoms with Crippen LogP contribution >= 0.6 is 50.9 Å². The highest BCUT2D eigenvalue weighted by Gasteiger charge is 2.25. The number of ether oxygens (including phenoxy) is 2. The number of hydrogen-bond acceptors (Lipinski definition) is 5. The number of carbonyl (C=O) groups excluding carboxylic acids is 1. The van der Waals surface area contributed by atoms with Gasteiger partial charge in [-0.1, -0.05) is 71.7 Å². The Hall–Kier alpha value is -2.97. The quantitative estimate of drug-likeness (QED) is 0.208. The lowest BCUT2D eigenvalue weighted by atomic mass is 10.1. The second kappa shape index (κ2) is 11.8. The molecule has 1 N–H and O–H groups in total. The van der Waals surface area contributed by atoms with Crippen molar-refractivity contribution in [3.63, 3.8) is 0 Å². The highest BCUT2D eigenvalue weighted by molar-refractivity contribution is 9.10. The minimum atomic E-state index is -0.253. The van der Waals surface area contributed by atoms with Crippen molar-refractivity contribution in [2.24, 2.45) is 4.99 Å². The number of aliphatic imine (C=N–C) groups is 1. The maximum Gasteiger partial charge on any atom is 0.264 e. The predicted molar refractivity (Wildman–Crippen MR) is 161 cm³/mol. The molecule has 5 nitrogen and oxygen atoms in total. The Balaban J connectivity index is 1.40. The SMILES string of the molecule is CCOc1cc(/C=C2/SC(=Nc3cccc(Cl)c3Cl)NC2=O)cc(Br)c1OCc1cccc2ccccc12. The molecule has 0 saturated carbocycles. The van der Waals surface area contributed by atoms with E-state index in [1.807, 2.05) is 37.3 Å². The first kappa shape index (κ1) is 26.6. The van der Waals surface area contributed by atoms with E-state index in [0.717, 1.165) is 26.4 Å². The average Bonchev–Trinajstić information content (AvgIpc) is 3.24. The molecule has 1 amide bonds. The van der Waals surface area contributed by atoms with Gasteiger partial charge in [-0.3, -0.25) is 4.79 Å². The summed E-state index contributed by atoms with van der Waals surface area (Å²) in [4.78, 5) is 17.6. The Kier molecular flexibility index (Phi) is 8.29. The average molecular weight is 628 g/mol. The van der Waals surface area contributed by atoms with Crippen LogP contribution in [0.3, 0.4) is 0 Å². The van der Waals surface area contributed by atoms with Gasteiger partial charge in [-0.15, -0.1) is 0 Å². The van der Waals surface area contributed by atoms with Gasteiger partial charge in [0.1, 0.15) is 6.61 Å². The number of benzene rings is 4. The topological polar surface area (TPSA) is 59.9 Å². The lowest BCUT2D eigenvalue weighted by Gasteiger charge is -2.15. The van der Waals surface area contributed by atoms with Crippen LogP contribution in [-0.4, -0.2) is 17.7 Å². The van der Waals surface area contributed by atoms with Gasteiger partial charge >= 0.3 is 0 Å². The Morgan fingerprint density at radius 2 is 1.82 bits per heavy atom. The molecule has 0 aliphatic carbocycles. The molecule has 4 aromatic rings. The number of nitrogens with zero attached hydrogens (tertiary/aromatic N) is 1. The maximum absolute atomic E-state index is 12.7. The van der Waals surface area contributed by atoms with E-state index >= 15 is 0 Å². The highest BCUT2D eigenvalue weighted by Crippen LogP contribution is 2.40. The number of amidine groups is 1. The van der Waals surface area contributed by atoms with Gasteiger partial charge in [0, 0.05) is 0 Å². The monoisotopic (exact) mass is 626 g/mol. The third-order valence-corrected chi connectivity index (χ3v) is 7.99. The van der Waals surface area contributed by atoms with Gasteiger partial charge in [-0.05, 0) is 86.9 Å². The van der Waals surface area contributed by atoms with Gasteiger partial charge in [0.15, 0.2) is 16.7 Å². The van der Waals surface area contributed by atoms with Crippen LogP contribution in [0.2, 0.25) is 10.0 Å². The van der Waals surface area contributed by atoms with Gasteiger partial charge < -0.3 is 14.8 Å². The molecule has 1 saturated heterocycles. The van der Waals surface area contributed by atoms with E-state index in [1.54, 1.807) is 24.3 Å². The molecule has 4 aromatic carbocycles. The molecule has 5 rings (SSSR count). The fourth-order valence-electron chi connectivity index (χ4n) is 3.96. The molecule has 0 unspecified atom stereocenters. The molecule has 1 aliphatic rings. The summed E-state index contributed by atoms with van der Waals surface area (Å²) < 4.78 is 12.9. The van der Waals surface area contributed by atoms with Crippen LogP contribution in [0.1, 0.15) is 18.1 Å². The second-order valence-corrected chi connectivity index (χ2v) is 10.9. The summed E-state index contributed by atoms with van der Waals surface area (Å²) in [6.07, 6.45) is 1.78. The summed E-state index contributed by atoms with van der Waals surface area (Å²) in [5.74, 6) is 0.928. The van der Waals surface area contributed by atoms with E-state index in [1.165, 1.54) is 11.8 Å². The molecule has 192 valence electrons. The Labute approximate surface area is 243 Å². The van der Waals surface area contributed by atoms with E-state index < -0.39 is 0 Å². The summed E-state index contributed by atoms with van der Waals surface area (Å²) >= 11 is 17.2. The van der Waals surface area contributed by atoms with Crippen LogP contribution in [0.5, 0.6) is 11.5 Å². The van der Waals surface area contributed by atoms with E-state index in [-0.39, 0.29) is 5.91 Å². The largest absolute Gasteiger partial charge is 0.490 e. The zero-order valence-corrected chi connectivity index (χ0v) is 24.0.